The van der Waals surface area contributed by atoms with Gasteiger partial charge >= 0.3 is 0 Å². The molecule has 1 aliphatic rings. The number of aryl methyl sites for hydroxylation is 1. The molecule has 128 valence electrons. The molecule has 3 nitrogen and oxygen atoms in total. The molecular weight excluding hydrogens is 374 g/mol. The van der Waals surface area contributed by atoms with Gasteiger partial charge in [0.05, 0.1) is 6.04 Å². The van der Waals surface area contributed by atoms with Gasteiger partial charge in [-0.3, -0.25) is 4.99 Å². The summed E-state index contributed by atoms with van der Waals surface area (Å²) in [4.78, 5) is 10.6. The van der Waals surface area contributed by atoms with Crippen LogP contribution in [0.3, 0.4) is 0 Å². The average molecular weight is 396 g/mol. The Hall–Kier alpha value is -2.07. The Bertz CT molecular complexity index is 922. The fourth-order valence-corrected chi connectivity index (χ4v) is 3.96. The van der Waals surface area contributed by atoms with Crippen molar-refractivity contribution < 1.29 is 0 Å². The molecule has 0 spiro atoms. The van der Waals surface area contributed by atoms with Crippen molar-refractivity contribution in [1.82, 2.24) is 4.98 Å². The molecule has 0 bridgehead atoms. The lowest BCUT2D eigenvalue weighted by molar-refractivity contribution is 0.566. The topological polar surface area (TPSA) is 31.4 Å². The van der Waals surface area contributed by atoms with Crippen LogP contribution in [0.25, 0.3) is 10.9 Å². The zero-order chi connectivity index (χ0) is 17.4. The van der Waals surface area contributed by atoms with E-state index in [-0.39, 0.29) is 6.04 Å². The van der Waals surface area contributed by atoms with E-state index in [0.29, 0.717) is 0 Å². The average Bonchev–Trinajstić information content (AvgIpc) is 2.99. The molecule has 25 heavy (non-hydrogen) atoms. The Morgan fingerprint density at radius 2 is 1.96 bits per heavy atom. The number of H-pyrrole nitrogens is 1. The maximum absolute atomic E-state index is 4.91. The summed E-state index contributed by atoms with van der Waals surface area (Å²) in [6.45, 7) is 0. The molecule has 0 aliphatic heterocycles. The quantitative estimate of drug-likeness (QED) is 0.583. The second-order valence-electron chi connectivity index (χ2n) is 6.88. The Labute approximate surface area is 156 Å². The molecule has 0 saturated carbocycles. The van der Waals surface area contributed by atoms with E-state index in [9.17, 15) is 0 Å². The molecular formula is C21H22BrN3. The number of anilines is 1. The first-order valence-corrected chi connectivity index (χ1v) is 9.51. The maximum Gasteiger partial charge on any atom is 0.0900 e. The Balaban J connectivity index is 1.63. The summed E-state index contributed by atoms with van der Waals surface area (Å²) in [5, 5.41) is 1.33. The highest BCUT2D eigenvalue weighted by atomic mass is 79.9. The van der Waals surface area contributed by atoms with Crippen LogP contribution in [0.2, 0.25) is 0 Å². The van der Waals surface area contributed by atoms with Gasteiger partial charge in [0.25, 0.3) is 0 Å². The Kier molecular flexibility index (Phi) is 4.38. The van der Waals surface area contributed by atoms with Gasteiger partial charge in [-0.05, 0) is 60.7 Å². The molecule has 1 aromatic heterocycles. The van der Waals surface area contributed by atoms with Crippen molar-refractivity contribution in [2.45, 2.75) is 25.3 Å². The van der Waals surface area contributed by atoms with Crippen molar-refractivity contribution in [2.75, 3.05) is 19.0 Å². The zero-order valence-electron chi connectivity index (χ0n) is 14.6. The number of nitrogens with one attached hydrogen (secondary N) is 1. The van der Waals surface area contributed by atoms with E-state index < -0.39 is 0 Å². The molecule has 3 aromatic rings. The van der Waals surface area contributed by atoms with Crippen molar-refractivity contribution in [2.24, 2.45) is 4.99 Å². The lowest BCUT2D eigenvalue weighted by atomic mass is 9.92. The fraction of sp³-hybridized carbons (Fsp3) is 0.286. The summed E-state index contributed by atoms with van der Waals surface area (Å²) in [5.41, 5.74) is 6.30. The van der Waals surface area contributed by atoms with Crippen molar-refractivity contribution >= 4 is 38.7 Å². The number of hydrogen-bond acceptors (Lipinski definition) is 2. The number of hydrogen-bond donors (Lipinski definition) is 1. The van der Waals surface area contributed by atoms with Crippen LogP contribution in [0, 0.1) is 0 Å². The van der Waals surface area contributed by atoms with Crippen LogP contribution in [-0.2, 0) is 6.42 Å². The van der Waals surface area contributed by atoms with Gasteiger partial charge in [-0.1, -0.05) is 28.1 Å². The number of rotatable bonds is 3. The largest absolute Gasteiger partial charge is 0.378 e. The highest BCUT2D eigenvalue weighted by Gasteiger charge is 2.23. The highest BCUT2D eigenvalue weighted by Crippen LogP contribution is 2.37. The number of fused-ring (bicyclic) bond motifs is 3. The first-order chi connectivity index (χ1) is 12.1. The van der Waals surface area contributed by atoms with Crippen LogP contribution in [0.15, 0.2) is 51.9 Å². The SMILES string of the molecule is CN(C)c1ccc(C=N[C@H]2CCCc3c2[nH]c2ccc(Br)cc32)cc1. The lowest BCUT2D eigenvalue weighted by Gasteiger charge is -2.19. The standard InChI is InChI=1S/C21H22BrN3/c1-25(2)16-9-6-14(7-10-16)13-23-20-5-3-4-17-18-12-15(22)8-11-19(18)24-21(17)20/h6-13,20,24H,3-5H2,1-2H3/t20-/m0/s1. The summed E-state index contributed by atoms with van der Waals surface area (Å²) >= 11 is 3.59. The molecule has 1 N–H and O–H groups in total. The summed E-state index contributed by atoms with van der Waals surface area (Å²) < 4.78 is 1.13. The monoisotopic (exact) mass is 395 g/mol. The third kappa shape index (κ3) is 3.23. The van der Waals surface area contributed by atoms with E-state index in [1.807, 2.05) is 6.21 Å². The van der Waals surface area contributed by atoms with Crippen molar-refractivity contribution in [3.63, 3.8) is 0 Å². The Morgan fingerprint density at radius 3 is 2.72 bits per heavy atom. The molecule has 0 unspecified atom stereocenters. The molecule has 4 rings (SSSR count). The lowest BCUT2D eigenvalue weighted by Crippen LogP contribution is -2.08. The van der Waals surface area contributed by atoms with Crippen LogP contribution in [0.5, 0.6) is 0 Å². The third-order valence-electron chi connectivity index (χ3n) is 4.95. The van der Waals surface area contributed by atoms with Crippen LogP contribution >= 0.6 is 15.9 Å². The van der Waals surface area contributed by atoms with Gasteiger partial charge in [0.15, 0.2) is 0 Å². The summed E-state index contributed by atoms with van der Waals surface area (Å²) in [6.07, 6.45) is 5.44. The number of aromatic amines is 1. The van der Waals surface area contributed by atoms with Gasteiger partial charge in [0.2, 0.25) is 0 Å². The van der Waals surface area contributed by atoms with Gasteiger partial charge in [0, 0.05) is 47.1 Å². The molecule has 1 heterocycles. The van der Waals surface area contributed by atoms with E-state index in [0.717, 1.165) is 22.9 Å². The minimum atomic E-state index is 0.225. The molecule has 2 aromatic carbocycles. The van der Waals surface area contributed by atoms with Crippen LogP contribution in [0.1, 0.15) is 35.7 Å². The molecule has 4 heteroatoms. The minimum Gasteiger partial charge on any atom is -0.378 e. The molecule has 1 aliphatic carbocycles. The fourth-order valence-electron chi connectivity index (χ4n) is 3.59. The first-order valence-electron chi connectivity index (χ1n) is 8.72. The zero-order valence-corrected chi connectivity index (χ0v) is 16.2. The number of benzene rings is 2. The molecule has 1 atom stereocenters. The normalized spacial score (nSPS) is 17.2. The van der Waals surface area contributed by atoms with Crippen molar-refractivity contribution in [1.29, 1.82) is 0 Å². The molecule has 0 fully saturated rings. The van der Waals surface area contributed by atoms with Gasteiger partial charge in [-0.15, -0.1) is 0 Å². The number of aliphatic imine (C=N–C) groups is 1. The van der Waals surface area contributed by atoms with Gasteiger partial charge in [-0.25, -0.2) is 0 Å². The van der Waals surface area contributed by atoms with Crippen LogP contribution < -0.4 is 4.90 Å². The van der Waals surface area contributed by atoms with Gasteiger partial charge in [0.1, 0.15) is 0 Å². The van der Waals surface area contributed by atoms with Crippen LogP contribution in [-0.4, -0.2) is 25.3 Å². The molecule has 0 saturated heterocycles. The maximum atomic E-state index is 4.91. The van der Waals surface area contributed by atoms with Crippen LogP contribution in [0.4, 0.5) is 5.69 Å². The predicted octanol–water partition coefficient (Wildman–Crippen LogP) is 5.49. The van der Waals surface area contributed by atoms with E-state index >= 15 is 0 Å². The smallest absolute Gasteiger partial charge is 0.0900 e. The Morgan fingerprint density at radius 1 is 1.16 bits per heavy atom. The van der Waals surface area contributed by atoms with E-state index in [4.69, 9.17) is 4.99 Å². The highest BCUT2D eigenvalue weighted by molar-refractivity contribution is 9.10. The molecule has 0 amide bonds. The number of nitrogens with zero attached hydrogens (tertiary/aromatic N) is 2. The van der Waals surface area contributed by atoms with E-state index in [1.165, 1.54) is 34.3 Å². The summed E-state index contributed by atoms with van der Waals surface area (Å²) in [5.74, 6) is 0. The second kappa shape index (κ2) is 6.68. The van der Waals surface area contributed by atoms with Gasteiger partial charge < -0.3 is 9.88 Å². The van der Waals surface area contributed by atoms with Gasteiger partial charge in [-0.2, -0.15) is 0 Å². The number of aromatic nitrogens is 1. The summed E-state index contributed by atoms with van der Waals surface area (Å²) in [6, 6.07) is 15.2. The second-order valence-corrected chi connectivity index (χ2v) is 7.79. The van der Waals surface area contributed by atoms with E-state index in [1.54, 1.807) is 0 Å². The third-order valence-corrected chi connectivity index (χ3v) is 5.45. The van der Waals surface area contributed by atoms with Crippen molar-refractivity contribution in [3.8, 4) is 0 Å². The minimum absolute atomic E-state index is 0.225. The van der Waals surface area contributed by atoms with Crippen molar-refractivity contribution in [3.05, 3.63) is 63.8 Å². The predicted molar refractivity (Wildman–Crippen MR) is 110 cm³/mol. The van der Waals surface area contributed by atoms with E-state index in [2.05, 4.69) is 82.4 Å². The first kappa shape index (κ1) is 16.4. The number of halogens is 1. The molecule has 0 radical (unpaired) electrons. The summed E-state index contributed by atoms with van der Waals surface area (Å²) in [7, 11) is 4.11.